The van der Waals surface area contributed by atoms with Crippen molar-refractivity contribution in [2.45, 2.75) is 6.36 Å². The maximum Gasteiger partial charge on any atom is 0.0877 e. The third kappa shape index (κ3) is 3.37. The first-order valence-corrected chi connectivity index (χ1v) is 8.37. The van der Waals surface area contributed by atoms with E-state index in [0.29, 0.717) is 1.93 Å². The van der Waals surface area contributed by atoms with E-state index in [0.717, 1.165) is 4.43 Å². The average Bonchev–Trinajstić information content (AvgIpc) is 2.03. The second-order valence-electron chi connectivity index (χ2n) is 2.28. The minimum Gasteiger partial charge on any atom is -0.0812 e. The maximum atomic E-state index is 2.45. The van der Waals surface area contributed by atoms with Gasteiger partial charge in [0.1, 0.15) is 0 Å². The van der Waals surface area contributed by atoms with Gasteiger partial charge in [0, 0.05) is 8.00 Å². The zero-order valence-corrected chi connectivity index (χ0v) is 14.7. The molecular formula is C8H6I4. The van der Waals surface area contributed by atoms with Crippen molar-refractivity contribution in [2.75, 3.05) is 0 Å². The van der Waals surface area contributed by atoms with Crippen molar-refractivity contribution in [2.24, 2.45) is 0 Å². The number of hydrogen-bond acceptors (Lipinski definition) is 0. The highest BCUT2D eigenvalue weighted by molar-refractivity contribution is 14.2. The molecule has 0 saturated carbocycles. The monoisotopic (exact) mass is 610 g/mol. The molecule has 1 rings (SSSR count). The van der Waals surface area contributed by atoms with E-state index in [4.69, 9.17) is 0 Å². The Morgan fingerprint density at radius 2 is 1.92 bits per heavy atom. The number of hydrogen-bond donors (Lipinski definition) is 0. The lowest BCUT2D eigenvalue weighted by molar-refractivity contribution is 1.31. The smallest absolute Gasteiger partial charge is 0.0812 e. The fourth-order valence-electron chi connectivity index (χ4n) is 0.903. The maximum absolute atomic E-state index is 2.45. The number of halogens is 4. The normalized spacial score (nSPS) is 10.8. The van der Waals surface area contributed by atoms with Crippen molar-refractivity contribution < 1.29 is 0 Å². The van der Waals surface area contributed by atoms with Crippen LogP contribution in [0.3, 0.4) is 0 Å². The Bertz CT molecular complexity index is 270. The molecule has 0 heterocycles. The van der Waals surface area contributed by atoms with Crippen molar-refractivity contribution in [1.82, 2.24) is 0 Å². The summed E-state index contributed by atoms with van der Waals surface area (Å²) in [6.07, 6.45) is 0. The molecule has 0 N–H and O–H groups in total. The van der Waals surface area contributed by atoms with Crippen LogP contribution in [0.25, 0.3) is 0 Å². The van der Waals surface area contributed by atoms with Crippen LogP contribution < -0.4 is 0 Å². The lowest BCUT2D eigenvalue weighted by Crippen LogP contribution is -1.89. The van der Waals surface area contributed by atoms with E-state index in [1.807, 2.05) is 0 Å². The Morgan fingerprint density at radius 3 is 2.42 bits per heavy atom. The molecule has 0 radical (unpaired) electrons. The molecule has 0 aliphatic rings. The van der Waals surface area contributed by atoms with Gasteiger partial charge in [-0.25, -0.2) is 0 Å². The fourth-order valence-corrected chi connectivity index (χ4v) is 3.33. The minimum absolute atomic E-state index is 0.585. The van der Waals surface area contributed by atoms with Gasteiger partial charge in [0.2, 0.25) is 0 Å². The summed E-state index contributed by atoms with van der Waals surface area (Å²) < 4.78 is 3.02. The van der Waals surface area contributed by atoms with E-state index in [-0.39, 0.29) is 0 Å². The van der Waals surface area contributed by atoms with E-state index < -0.39 is 0 Å². The SMILES string of the molecule is ICc1cc(I)ccc1C(I)I. The molecule has 0 nitrogen and oxygen atoms in total. The van der Waals surface area contributed by atoms with Gasteiger partial charge in [0.05, 0.1) is 1.93 Å². The lowest BCUT2D eigenvalue weighted by Gasteiger charge is -2.08. The van der Waals surface area contributed by atoms with Crippen LogP contribution in [0.15, 0.2) is 18.2 Å². The van der Waals surface area contributed by atoms with Crippen LogP contribution in [0.5, 0.6) is 0 Å². The van der Waals surface area contributed by atoms with E-state index in [2.05, 4.69) is 109 Å². The summed E-state index contributed by atoms with van der Waals surface area (Å²) in [5, 5.41) is 0. The van der Waals surface area contributed by atoms with Crippen LogP contribution in [0.1, 0.15) is 13.1 Å². The van der Waals surface area contributed by atoms with Crippen LogP contribution in [0.4, 0.5) is 0 Å². The van der Waals surface area contributed by atoms with Gasteiger partial charge in [0.25, 0.3) is 0 Å². The van der Waals surface area contributed by atoms with Gasteiger partial charge >= 0.3 is 0 Å². The molecule has 0 fully saturated rings. The summed E-state index contributed by atoms with van der Waals surface area (Å²) in [7, 11) is 0. The van der Waals surface area contributed by atoms with E-state index in [9.17, 15) is 0 Å². The molecule has 4 heteroatoms. The van der Waals surface area contributed by atoms with Crippen molar-refractivity contribution in [3.05, 3.63) is 32.9 Å². The quantitative estimate of drug-likeness (QED) is 0.324. The average molecular weight is 610 g/mol. The topological polar surface area (TPSA) is 0 Å². The highest BCUT2D eigenvalue weighted by Crippen LogP contribution is 2.34. The van der Waals surface area contributed by atoms with Crippen molar-refractivity contribution in [3.8, 4) is 0 Å². The summed E-state index contributed by atoms with van der Waals surface area (Å²) in [6.45, 7) is 0. The van der Waals surface area contributed by atoms with E-state index in [1.165, 1.54) is 14.7 Å². The zero-order valence-electron chi connectivity index (χ0n) is 6.03. The molecule has 12 heavy (non-hydrogen) atoms. The summed E-state index contributed by atoms with van der Waals surface area (Å²) in [4.78, 5) is 0. The van der Waals surface area contributed by atoms with Gasteiger partial charge in [-0.15, -0.1) is 0 Å². The molecule has 0 spiro atoms. The number of benzene rings is 1. The van der Waals surface area contributed by atoms with Crippen LogP contribution in [0.2, 0.25) is 0 Å². The predicted molar refractivity (Wildman–Crippen MR) is 87.7 cm³/mol. The first-order valence-electron chi connectivity index (χ1n) is 3.27. The second kappa shape index (κ2) is 5.89. The van der Waals surface area contributed by atoms with Crippen molar-refractivity contribution in [1.29, 1.82) is 0 Å². The molecule has 1 aromatic rings. The first kappa shape index (κ1) is 12.2. The summed E-state index contributed by atoms with van der Waals surface area (Å²) in [5.74, 6) is 0. The Labute approximate surface area is 127 Å². The van der Waals surface area contributed by atoms with E-state index >= 15 is 0 Å². The van der Waals surface area contributed by atoms with Gasteiger partial charge in [-0.1, -0.05) is 73.8 Å². The van der Waals surface area contributed by atoms with Crippen LogP contribution in [-0.2, 0) is 4.43 Å². The molecule has 0 unspecified atom stereocenters. The third-order valence-electron chi connectivity index (χ3n) is 1.48. The largest absolute Gasteiger partial charge is 0.0877 e. The Balaban J connectivity index is 3.11. The molecule has 0 aromatic heterocycles. The Morgan fingerprint density at radius 1 is 1.25 bits per heavy atom. The molecule has 66 valence electrons. The van der Waals surface area contributed by atoms with Crippen LogP contribution >= 0.6 is 90.4 Å². The number of rotatable bonds is 2. The molecule has 0 aliphatic heterocycles. The molecule has 0 saturated heterocycles. The zero-order chi connectivity index (χ0) is 9.14. The highest BCUT2D eigenvalue weighted by Gasteiger charge is 2.07. The Hall–Kier alpha value is 2.14. The fraction of sp³-hybridized carbons (Fsp3) is 0.250. The molecule has 0 amide bonds. The molecule has 0 atom stereocenters. The van der Waals surface area contributed by atoms with Gasteiger partial charge in [-0.2, -0.15) is 0 Å². The van der Waals surface area contributed by atoms with Crippen molar-refractivity contribution in [3.63, 3.8) is 0 Å². The summed E-state index contributed by atoms with van der Waals surface area (Å²) in [6, 6.07) is 6.68. The van der Waals surface area contributed by atoms with Gasteiger partial charge in [0.15, 0.2) is 0 Å². The Kier molecular flexibility index (Phi) is 5.99. The highest BCUT2D eigenvalue weighted by atomic mass is 127. The van der Waals surface area contributed by atoms with Gasteiger partial charge in [-0.3, -0.25) is 0 Å². The van der Waals surface area contributed by atoms with Gasteiger partial charge in [-0.05, 0) is 45.9 Å². The third-order valence-corrected chi connectivity index (χ3v) is 4.32. The summed E-state index contributed by atoms with van der Waals surface area (Å²) >= 11 is 9.68. The molecular weight excluding hydrogens is 604 g/mol. The standard InChI is InChI=1S/C8H6I4/c9-4-5-3-6(10)1-2-7(5)8(11)12/h1-3,8H,4H2. The molecule has 1 aromatic carbocycles. The first-order chi connectivity index (χ1) is 5.65. The second-order valence-corrected chi connectivity index (χ2v) is 9.16. The predicted octanol–water partition coefficient (Wildman–Crippen LogP) is 5.09. The molecule has 0 bridgehead atoms. The van der Waals surface area contributed by atoms with Gasteiger partial charge < -0.3 is 0 Å². The number of alkyl halides is 3. The minimum atomic E-state index is 0.585. The van der Waals surface area contributed by atoms with Crippen molar-refractivity contribution >= 4 is 90.4 Å². The molecule has 0 aliphatic carbocycles. The van der Waals surface area contributed by atoms with Crippen LogP contribution in [-0.4, -0.2) is 0 Å². The van der Waals surface area contributed by atoms with Crippen LogP contribution in [0, 0.1) is 3.57 Å². The lowest BCUT2D eigenvalue weighted by atomic mass is 10.1. The van der Waals surface area contributed by atoms with E-state index in [1.54, 1.807) is 0 Å². The summed E-state index contributed by atoms with van der Waals surface area (Å²) in [5.41, 5.74) is 2.93.